The fourth-order valence-corrected chi connectivity index (χ4v) is 2.00. The van der Waals surface area contributed by atoms with Crippen LogP contribution in [0.3, 0.4) is 0 Å². The molecule has 4 heteroatoms. The van der Waals surface area contributed by atoms with Gasteiger partial charge in [0.2, 0.25) is 0 Å². The summed E-state index contributed by atoms with van der Waals surface area (Å²) in [5.74, 6) is 0. The standard InChI is InChI=1S/C11H6Cl2N2/c1-6-2-8-10(13)7(4-14)5-15-11(8)9(12)3-6/h2-3,5H,1H3. The zero-order valence-corrected chi connectivity index (χ0v) is 9.39. The molecule has 1 aromatic heterocycles. The first kappa shape index (κ1) is 10.2. The average Bonchev–Trinajstić information content (AvgIpc) is 2.19. The van der Waals surface area contributed by atoms with E-state index in [2.05, 4.69) is 4.98 Å². The van der Waals surface area contributed by atoms with Crippen LogP contribution < -0.4 is 0 Å². The molecule has 0 fully saturated rings. The van der Waals surface area contributed by atoms with Crippen molar-refractivity contribution < 1.29 is 0 Å². The van der Waals surface area contributed by atoms with E-state index < -0.39 is 0 Å². The van der Waals surface area contributed by atoms with Gasteiger partial charge in [0.1, 0.15) is 6.07 Å². The second-order valence-electron chi connectivity index (χ2n) is 3.24. The Hall–Kier alpha value is -1.30. The van der Waals surface area contributed by atoms with Crippen LogP contribution >= 0.6 is 23.2 Å². The lowest BCUT2D eigenvalue weighted by atomic mass is 10.1. The maximum absolute atomic E-state index is 8.81. The summed E-state index contributed by atoms with van der Waals surface area (Å²) in [6, 6.07) is 5.68. The summed E-state index contributed by atoms with van der Waals surface area (Å²) in [4.78, 5) is 4.11. The molecule has 74 valence electrons. The van der Waals surface area contributed by atoms with Crippen LogP contribution in [-0.4, -0.2) is 4.98 Å². The Morgan fingerprint density at radius 1 is 1.33 bits per heavy atom. The summed E-state index contributed by atoms with van der Waals surface area (Å²) >= 11 is 12.1. The van der Waals surface area contributed by atoms with Crippen molar-refractivity contribution in [1.82, 2.24) is 4.98 Å². The molecular weight excluding hydrogens is 231 g/mol. The van der Waals surface area contributed by atoms with E-state index in [0.29, 0.717) is 21.1 Å². The zero-order chi connectivity index (χ0) is 11.0. The first-order chi connectivity index (χ1) is 7.13. The van der Waals surface area contributed by atoms with Crippen LogP contribution in [0, 0.1) is 18.3 Å². The highest BCUT2D eigenvalue weighted by Crippen LogP contribution is 2.30. The normalized spacial score (nSPS) is 10.3. The van der Waals surface area contributed by atoms with Crippen LogP contribution in [0.15, 0.2) is 18.3 Å². The highest BCUT2D eigenvalue weighted by molar-refractivity contribution is 6.39. The Kier molecular flexibility index (Phi) is 2.52. The van der Waals surface area contributed by atoms with Crippen molar-refractivity contribution in [3.63, 3.8) is 0 Å². The second-order valence-corrected chi connectivity index (χ2v) is 4.03. The Morgan fingerprint density at radius 2 is 2.07 bits per heavy atom. The number of nitrogens with zero attached hydrogens (tertiary/aromatic N) is 2. The molecule has 0 saturated heterocycles. The van der Waals surface area contributed by atoms with Crippen molar-refractivity contribution in [3.05, 3.63) is 39.5 Å². The van der Waals surface area contributed by atoms with E-state index in [1.54, 1.807) is 0 Å². The molecule has 2 aromatic rings. The van der Waals surface area contributed by atoms with Crippen LogP contribution in [0.5, 0.6) is 0 Å². The monoisotopic (exact) mass is 236 g/mol. The molecule has 0 unspecified atom stereocenters. The lowest BCUT2D eigenvalue weighted by Crippen LogP contribution is -1.87. The van der Waals surface area contributed by atoms with Gasteiger partial charge in [-0.2, -0.15) is 5.26 Å². The van der Waals surface area contributed by atoms with Gasteiger partial charge in [-0.3, -0.25) is 4.98 Å². The second kappa shape index (κ2) is 3.69. The molecule has 0 spiro atoms. The predicted octanol–water partition coefficient (Wildman–Crippen LogP) is 3.72. The fraction of sp³-hybridized carbons (Fsp3) is 0.0909. The lowest BCUT2D eigenvalue weighted by molar-refractivity contribution is 1.36. The molecule has 1 aromatic carbocycles. The number of nitriles is 1. The Labute approximate surface area is 97.1 Å². The molecular formula is C11H6Cl2N2. The highest BCUT2D eigenvalue weighted by atomic mass is 35.5. The molecule has 15 heavy (non-hydrogen) atoms. The lowest BCUT2D eigenvalue weighted by Gasteiger charge is -2.04. The van der Waals surface area contributed by atoms with Crippen molar-refractivity contribution >= 4 is 34.1 Å². The van der Waals surface area contributed by atoms with Gasteiger partial charge in [-0.1, -0.05) is 23.2 Å². The average molecular weight is 237 g/mol. The van der Waals surface area contributed by atoms with Crippen molar-refractivity contribution in [3.8, 4) is 6.07 Å². The number of benzene rings is 1. The molecule has 0 radical (unpaired) electrons. The third-order valence-electron chi connectivity index (χ3n) is 2.12. The van der Waals surface area contributed by atoms with E-state index >= 15 is 0 Å². The molecule has 1 heterocycles. The molecule has 0 aliphatic rings. The highest BCUT2D eigenvalue weighted by Gasteiger charge is 2.09. The number of halogens is 2. The molecule has 0 bridgehead atoms. The van der Waals surface area contributed by atoms with E-state index in [1.807, 2.05) is 25.1 Å². The third kappa shape index (κ3) is 1.65. The minimum atomic E-state index is 0.367. The van der Waals surface area contributed by atoms with Gasteiger partial charge in [-0.25, -0.2) is 0 Å². The maximum atomic E-state index is 8.81. The summed E-state index contributed by atoms with van der Waals surface area (Å²) < 4.78 is 0. The summed E-state index contributed by atoms with van der Waals surface area (Å²) in [5, 5.41) is 10.5. The first-order valence-corrected chi connectivity index (χ1v) is 5.03. The van der Waals surface area contributed by atoms with Gasteiger partial charge in [0, 0.05) is 11.6 Å². The van der Waals surface area contributed by atoms with E-state index in [0.717, 1.165) is 10.9 Å². The van der Waals surface area contributed by atoms with E-state index in [-0.39, 0.29) is 0 Å². The summed E-state index contributed by atoms with van der Waals surface area (Å²) in [7, 11) is 0. The van der Waals surface area contributed by atoms with Crippen LogP contribution in [0.25, 0.3) is 10.9 Å². The molecule has 2 nitrogen and oxygen atoms in total. The predicted molar refractivity (Wildman–Crippen MR) is 61.2 cm³/mol. The number of aryl methyl sites for hydroxylation is 1. The van der Waals surface area contributed by atoms with E-state index in [4.69, 9.17) is 28.5 Å². The number of hydrogen-bond donors (Lipinski definition) is 0. The molecule has 0 N–H and O–H groups in total. The Balaban J connectivity index is 2.94. The van der Waals surface area contributed by atoms with E-state index in [9.17, 15) is 0 Å². The molecule has 0 saturated carbocycles. The van der Waals surface area contributed by atoms with Gasteiger partial charge in [-0.05, 0) is 24.6 Å². The van der Waals surface area contributed by atoms with Gasteiger partial charge in [0.25, 0.3) is 0 Å². The van der Waals surface area contributed by atoms with Crippen LogP contribution in [0.2, 0.25) is 10.0 Å². The number of hydrogen-bond acceptors (Lipinski definition) is 2. The number of rotatable bonds is 0. The van der Waals surface area contributed by atoms with Crippen molar-refractivity contribution in [2.75, 3.05) is 0 Å². The maximum Gasteiger partial charge on any atom is 0.102 e. The zero-order valence-electron chi connectivity index (χ0n) is 7.88. The minimum Gasteiger partial charge on any atom is -0.253 e. The minimum absolute atomic E-state index is 0.367. The SMILES string of the molecule is Cc1cc(Cl)c2ncc(C#N)c(Cl)c2c1. The van der Waals surface area contributed by atoms with Crippen molar-refractivity contribution in [2.45, 2.75) is 6.92 Å². The summed E-state index contributed by atoms with van der Waals surface area (Å²) in [5.41, 5.74) is 1.99. The van der Waals surface area contributed by atoms with E-state index in [1.165, 1.54) is 6.20 Å². The smallest absolute Gasteiger partial charge is 0.102 e. The molecule has 0 amide bonds. The Bertz CT molecular complexity index is 585. The number of fused-ring (bicyclic) bond motifs is 1. The van der Waals surface area contributed by atoms with Crippen LogP contribution in [0.1, 0.15) is 11.1 Å². The molecule has 0 atom stereocenters. The summed E-state index contributed by atoms with van der Waals surface area (Å²) in [6.45, 7) is 1.92. The molecule has 0 aliphatic carbocycles. The quantitative estimate of drug-likeness (QED) is 0.700. The molecule has 2 rings (SSSR count). The summed E-state index contributed by atoms with van der Waals surface area (Å²) in [6.07, 6.45) is 1.44. The number of pyridine rings is 1. The third-order valence-corrected chi connectivity index (χ3v) is 2.82. The van der Waals surface area contributed by atoms with Gasteiger partial charge >= 0.3 is 0 Å². The van der Waals surface area contributed by atoms with Gasteiger partial charge in [0.15, 0.2) is 0 Å². The van der Waals surface area contributed by atoms with Gasteiger partial charge < -0.3 is 0 Å². The van der Waals surface area contributed by atoms with Gasteiger partial charge in [-0.15, -0.1) is 0 Å². The van der Waals surface area contributed by atoms with Crippen LogP contribution in [-0.2, 0) is 0 Å². The molecule has 0 aliphatic heterocycles. The van der Waals surface area contributed by atoms with Crippen molar-refractivity contribution in [2.24, 2.45) is 0 Å². The topological polar surface area (TPSA) is 36.7 Å². The Morgan fingerprint density at radius 3 is 2.73 bits per heavy atom. The fourth-order valence-electron chi connectivity index (χ4n) is 1.44. The first-order valence-electron chi connectivity index (χ1n) is 4.28. The van der Waals surface area contributed by atoms with Crippen molar-refractivity contribution in [1.29, 1.82) is 5.26 Å². The van der Waals surface area contributed by atoms with Crippen LogP contribution in [0.4, 0.5) is 0 Å². The van der Waals surface area contributed by atoms with Gasteiger partial charge in [0.05, 0.1) is 21.1 Å². The largest absolute Gasteiger partial charge is 0.253 e. The number of aromatic nitrogens is 1.